The summed E-state index contributed by atoms with van der Waals surface area (Å²) in [5.41, 5.74) is -0.153. The summed E-state index contributed by atoms with van der Waals surface area (Å²) >= 11 is 0. The average molecular weight is 1970 g/mol. The smallest absolute Gasteiger partial charge is 0.407 e. The summed E-state index contributed by atoms with van der Waals surface area (Å²) in [5, 5.41) is 4.15. The minimum absolute atomic E-state index is 0. The van der Waals surface area contributed by atoms with Crippen LogP contribution >= 0.6 is 33.6 Å². The summed E-state index contributed by atoms with van der Waals surface area (Å²) in [6.07, 6.45) is -11.7. The van der Waals surface area contributed by atoms with Gasteiger partial charge in [0, 0.05) is 40.3 Å². The predicted molar refractivity (Wildman–Crippen MR) is 488 cm³/mol. The molecule has 16 rings (SSSR count). The van der Waals surface area contributed by atoms with Crippen LogP contribution in [-0.2, 0) is 82.1 Å². The molecule has 2 amide bonds. The van der Waals surface area contributed by atoms with Gasteiger partial charge in [-0.05, 0) is 60.5 Å². The summed E-state index contributed by atoms with van der Waals surface area (Å²) in [6, 6.07) is 17.0. The van der Waals surface area contributed by atoms with Gasteiger partial charge in [0.05, 0.1) is 45.1 Å². The first kappa shape index (κ1) is 103. The zero-order chi connectivity index (χ0) is 94.4. The van der Waals surface area contributed by atoms with Crippen LogP contribution in [0.3, 0.4) is 0 Å². The number of nitrogens with one attached hydrogen (secondary N) is 4. The number of hydrogen-bond acceptors (Lipinski definition) is 30. The number of carbonyl (C=O) groups is 2. The number of carbonyl (C=O) groups excluding carboxylic acids is 2. The number of benzene rings is 2. The summed E-state index contributed by atoms with van der Waals surface area (Å²) in [7, 11) is -10.1. The number of halogens is 4. The number of ether oxygens (including phenoxy) is 4. The van der Waals surface area contributed by atoms with Gasteiger partial charge in [0.1, 0.15) is 105 Å². The molecule has 20 atom stereocenters. The Morgan fingerprint density at radius 3 is 1.30 bits per heavy atom. The zero-order valence-electron chi connectivity index (χ0n) is 74.3. The normalized spacial score (nSPS) is 27.4. The highest BCUT2D eigenvalue weighted by molar-refractivity contribution is 7.85. The Bertz CT molecular complexity index is 6130. The minimum atomic E-state index is -4.13. The maximum atomic E-state index is 17.2. The van der Waals surface area contributed by atoms with Gasteiger partial charge in [-0.3, -0.25) is 28.3 Å². The largest absolute Gasteiger partial charge is 0.488 e. The molecule has 6 aliphatic rings. The Morgan fingerprint density at radius 2 is 0.889 bits per heavy atom. The molecule has 10 aromatic rings. The summed E-state index contributed by atoms with van der Waals surface area (Å²) < 4.78 is 186. The molecule has 0 bridgehead atoms. The van der Waals surface area contributed by atoms with Crippen LogP contribution in [0.1, 0.15) is 87.2 Å². The van der Waals surface area contributed by atoms with E-state index < -0.39 is 196 Å². The second kappa shape index (κ2) is 44.2. The summed E-state index contributed by atoms with van der Waals surface area (Å²) in [5.74, 6) is -2.45. The molecule has 135 heavy (non-hydrogen) atoms. The Kier molecular flexibility index (Phi) is 33.7. The lowest BCUT2D eigenvalue weighted by Gasteiger charge is -2.41. The number of nitrogens with zero attached hydrogens (tertiary/aromatic N) is 16. The van der Waals surface area contributed by atoms with Gasteiger partial charge in [-0.25, -0.2) is 83.7 Å². The molecule has 8 aromatic heterocycles. The Balaban J connectivity index is 0.000000225. The minimum Gasteiger partial charge on any atom is -0.407 e. The van der Waals surface area contributed by atoms with Crippen molar-refractivity contribution in [1.29, 1.82) is 0 Å². The molecule has 14 heterocycles. The van der Waals surface area contributed by atoms with E-state index in [1.807, 2.05) is 67.7 Å². The zero-order valence-corrected chi connectivity index (χ0v) is 79.9. The molecular formula is C80H92B3F4N20O22P4Si2+. The number of rotatable bonds is 24. The number of imidazole rings is 2. The lowest BCUT2D eigenvalue weighted by atomic mass is 10.1. The quantitative estimate of drug-likeness (QED) is 0.0143. The second-order valence-electron chi connectivity index (χ2n) is 33.7. The number of hydrogen-bond donors (Lipinski definition) is 4. The third kappa shape index (κ3) is 22.7. The van der Waals surface area contributed by atoms with Crippen LogP contribution in [0.2, 0.25) is 36.3 Å². The first-order valence-corrected chi connectivity index (χ1v) is 52.4. The van der Waals surface area contributed by atoms with Crippen molar-refractivity contribution in [2.75, 3.05) is 89.7 Å². The van der Waals surface area contributed by atoms with E-state index in [-0.39, 0.29) is 149 Å². The van der Waals surface area contributed by atoms with Crippen LogP contribution < -0.4 is 21.8 Å². The van der Waals surface area contributed by atoms with E-state index >= 15 is 17.6 Å². The number of amides is 2. The molecule has 6 aliphatic heterocycles. The average Bonchev–Trinajstić information content (AvgIpc) is 1.61. The van der Waals surface area contributed by atoms with Gasteiger partial charge in [0.2, 0.25) is 26.2 Å². The van der Waals surface area contributed by atoms with Crippen LogP contribution in [0, 0.1) is 37.9 Å². The van der Waals surface area contributed by atoms with Gasteiger partial charge >= 0.3 is 41.2 Å². The maximum Gasteiger partial charge on any atom is 0.488 e. The van der Waals surface area contributed by atoms with Crippen molar-refractivity contribution in [3.8, 4) is 0 Å². The number of anilines is 2. The van der Waals surface area contributed by atoms with Crippen molar-refractivity contribution >= 4 is 143 Å². The van der Waals surface area contributed by atoms with Crippen LogP contribution in [0.25, 0.3) is 63.8 Å². The molecule has 8 radical (unpaired) electrons. The van der Waals surface area contributed by atoms with E-state index in [0.717, 1.165) is 25.0 Å². The first-order valence-electron chi connectivity index (χ1n) is 41.7. The SMILES string of the molecule is [B].[B].[B][P+]1(OCC[N+]#[C-])OC[C@H]2O[C@@H](n3cc(F)c4c(=O)[nH]cnc43)[C@@H](O[Si](C)(C)C(C)(C)C)C2OP(OCC[N+]#[C-])OC[C@H]2O[C@@H](n3cnc4c(NC(=O)c5ccccc5)ncnc43)[C@@H](F)C2O1.[C-]#[N+]CCOP1OC[C@H]2O[C@@H](n3cc(F)c4c(=O)[nH]cnc43)[C@@H](O[Si](C)(C)C(C)(C)C)C2OP(OCC[N+]#[C-])OC[C@H]2O[C@@H](n3cnc4c(NC(=O)c5ccccc5)ncnc43)[C@@H](F)C2O1. The topological polar surface area (TPSA) is 430 Å². The maximum absolute atomic E-state index is 17.2. The van der Waals surface area contributed by atoms with Crippen LogP contribution in [0.4, 0.5) is 29.2 Å². The molecule has 4 N–H and O–H groups in total. The molecule has 0 spiro atoms. The number of aromatic amines is 2. The van der Waals surface area contributed by atoms with Gasteiger partial charge in [0.15, 0.2) is 123 Å². The third-order valence-electron chi connectivity index (χ3n) is 23.1. The second-order valence-corrected chi connectivity index (χ2v) is 48.6. The van der Waals surface area contributed by atoms with Gasteiger partial charge in [-0.15, -0.1) is 0 Å². The van der Waals surface area contributed by atoms with Crippen LogP contribution in [0.5, 0.6) is 0 Å². The number of aromatic nitrogens is 14. The Hall–Kier alpha value is -9.37. The molecule has 55 heteroatoms. The van der Waals surface area contributed by atoms with Crippen molar-refractivity contribution in [2.24, 2.45) is 0 Å². The summed E-state index contributed by atoms with van der Waals surface area (Å²) in [6.45, 7) is 47.1. The fraction of sp³-hybridized carbons (Fsp3) is 0.500. The molecule has 6 saturated heterocycles. The fourth-order valence-electron chi connectivity index (χ4n) is 14.4. The Labute approximate surface area is 781 Å². The summed E-state index contributed by atoms with van der Waals surface area (Å²) in [4.78, 5) is 104. The monoisotopic (exact) mass is 1970 g/mol. The molecule has 0 saturated carbocycles. The van der Waals surface area contributed by atoms with Crippen molar-refractivity contribution in [2.45, 2.75) is 176 Å². The molecule has 0 aliphatic carbocycles. The number of H-pyrrole nitrogens is 2. The van der Waals surface area contributed by atoms with Gasteiger partial charge in [-0.1, -0.05) is 77.9 Å². The first-order chi connectivity index (χ1) is 63.7. The van der Waals surface area contributed by atoms with E-state index in [4.69, 9.17) is 116 Å². The standard InChI is InChI=1S/C40H46BF2N10O11P2Si.C40H46F2N10O11P2Si.2B/c1-40(2,3)67(6,7)64-32-31-26(61-39(32)52-17-24(42)27-34(52)47-21-49-37(27)55)19-59-66(41,58-16-14-45-5)63-30-25(18-57-65(62-31)56-15-13-44-4)60-38(28(30)43)53-22-50-29-33(46-20-48-35(29)53)51-36(54)23-11-9-8-10-12-23;1-40(2,3)66(6,7)63-32-31-26(60-39(32)51-17-24(41)27-34(51)46-21-48-37(27)54)19-58-64(55-15-13-43-4)61-30-25(18-57-65(62-31)56-16-14-44-5)59-38(28(30)42)52-22-49-29-33(45-20-47-35(29)52)50-36(53)23-11-9-8-10-12-23;;/h8-12,17,20-22,25-26,28,30-32,38-39H,13-16,18-19H2,1-3,6-7H3,(H,47,49,55)(H,46,48,51,54);8-12,17,20-22,25-26,28,30-32,38-39H,13-16,18-19H2,1-3,6-7H3,(H,46,48,54)(H,45,47,50,53);;/q+1;;;/t25-,26-,28+,30?,31?,32+,38-,39-,65?,66?;25-,26-,28+,30?,31?,32+,38-,39-,64?,65?;;/m11../s1. The number of alkyl halides is 2. The highest BCUT2D eigenvalue weighted by Gasteiger charge is 2.61. The molecule has 2 aromatic carbocycles. The van der Waals surface area contributed by atoms with Gasteiger partial charge in [0.25, 0.3) is 22.9 Å². The highest BCUT2D eigenvalue weighted by Crippen LogP contribution is 2.63. The third-order valence-corrected chi connectivity index (χ3v) is 37.1. The van der Waals surface area contributed by atoms with E-state index in [2.05, 4.69) is 79.9 Å². The predicted octanol–water partition coefficient (Wildman–Crippen LogP) is 12.1. The molecule has 8 unspecified atom stereocenters. The van der Waals surface area contributed by atoms with Crippen molar-refractivity contribution < 1.29 is 109 Å². The lowest BCUT2D eigenvalue weighted by molar-refractivity contribution is -0.0616. The van der Waals surface area contributed by atoms with Crippen molar-refractivity contribution in [1.82, 2.24) is 68.1 Å². The van der Waals surface area contributed by atoms with E-state index in [1.165, 1.54) is 43.6 Å². The lowest BCUT2D eigenvalue weighted by Crippen LogP contribution is -2.49. The highest BCUT2D eigenvalue weighted by atomic mass is 31.2. The van der Waals surface area contributed by atoms with Crippen LogP contribution in [0.15, 0.2) is 121 Å². The molecule has 6 fully saturated rings. The van der Waals surface area contributed by atoms with Gasteiger partial charge in [-0.2, -0.15) is 13.6 Å². The van der Waals surface area contributed by atoms with E-state index in [1.54, 1.807) is 60.7 Å². The van der Waals surface area contributed by atoms with E-state index in [0.29, 0.717) is 11.1 Å². The molecule has 708 valence electrons. The fourth-order valence-corrected chi connectivity index (χ4v) is 21.9. The van der Waals surface area contributed by atoms with Crippen molar-refractivity contribution in [3.05, 3.63) is 200 Å². The molecule has 42 nitrogen and oxygen atoms in total. The van der Waals surface area contributed by atoms with Crippen LogP contribution in [-0.4, -0.2) is 273 Å². The van der Waals surface area contributed by atoms with Gasteiger partial charge < -0.3 is 118 Å². The number of fused-ring (bicyclic) bond motifs is 8. The Morgan fingerprint density at radius 1 is 0.519 bits per heavy atom. The molecular weight excluding hydrogens is 1880 g/mol. The van der Waals surface area contributed by atoms with Crippen molar-refractivity contribution in [3.63, 3.8) is 0 Å². The van der Waals surface area contributed by atoms with E-state index in [9.17, 15) is 19.2 Å².